The van der Waals surface area contributed by atoms with Crippen molar-refractivity contribution in [3.05, 3.63) is 29.8 Å². The highest BCUT2D eigenvalue weighted by atomic mass is 16.5. The van der Waals surface area contributed by atoms with Crippen LogP contribution in [0.15, 0.2) is 24.3 Å². The van der Waals surface area contributed by atoms with E-state index in [4.69, 9.17) is 15.9 Å². The highest BCUT2D eigenvalue weighted by Gasteiger charge is 1.93. The van der Waals surface area contributed by atoms with Crippen LogP contribution in [0.2, 0.25) is 0 Å². The second-order valence-electron chi connectivity index (χ2n) is 2.63. The van der Waals surface area contributed by atoms with Crippen LogP contribution in [-0.2, 0) is 0 Å². The number of amidine groups is 1. The number of hydrogen-bond donors (Lipinski definition) is 2. The van der Waals surface area contributed by atoms with E-state index in [1.54, 1.807) is 0 Å². The maximum absolute atomic E-state index is 6.94. The average molecular weight is 164 g/mol. The number of aryl methyl sites for hydroxylation is 1. The molecule has 0 saturated heterocycles. The van der Waals surface area contributed by atoms with Gasteiger partial charge in [-0.3, -0.25) is 5.41 Å². The second-order valence-corrected chi connectivity index (χ2v) is 2.63. The van der Waals surface area contributed by atoms with Crippen LogP contribution in [0.3, 0.4) is 0 Å². The van der Waals surface area contributed by atoms with Gasteiger partial charge in [-0.1, -0.05) is 17.7 Å². The molecule has 0 atom stereocenters. The average Bonchev–Trinajstić information content (AvgIpc) is 2.03. The molecule has 0 heterocycles. The monoisotopic (exact) mass is 164 g/mol. The molecule has 1 rings (SSSR count). The zero-order valence-corrected chi connectivity index (χ0v) is 7.00. The fraction of sp³-hybridized carbons (Fsp3) is 0.222. The highest BCUT2D eigenvalue weighted by molar-refractivity contribution is 5.78. The number of rotatable bonds is 3. The Bertz CT molecular complexity index is 266. The molecule has 3 heteroatoms. The maximum atomic E-state index is 6.94. The minimum atomic E-state index is 0.0376. The van der Waals surface area contributed by atoms with Gasteiger partial charge in [0.2, 0.25) is 0 Å². The van der Waals surface area contributed by atoms with Gasteiger partial charge >= 0.3 is 0 Å². The van der Waals surface area contributed by atoms with Crippen LogP contribution >= 0.6 is 0 Å². The Morgan fingerprint density at radius 1 is 1.42 bits per heavy atom. The number of nitrogens with one attached hydrogen (secondary N) is 1. The summed E-state index contributed by atoms with van der Waals surface area (Å²) in [7, 11) is 0. The van der Waals surface area contributed by atoms with Crippen LogP contribution in [0.1, 0.15) is 5.56 Å². The van der Waals surface area contributed by atoms with Crippen LogP contribution in [0, 0.1) is 12.3 Å². The molecule has 0 aliphatic rings. The first-order valence-electron chi connectivity index (χ1n) is 3.71. The Hall–Kier alpha value is -1.51. The molecule has 3 nitrogen and oxygen atoms in total. The Morgan fingerprint density at radius 3 is 2.50 bits per heavy atom. The molecular weight excluding hydrogens is 152 g/mol. The topological polar surface area (TPSA) is 59.1 Å². The third kappa shape index (κ3) is 2.62. The fourth-order valence-electron chi connectivity index (χ4n) is 0.796. The van der Waals surface area contributed by atoms with Crippen molar-refractivity contribution in [1.82, 2.24) is 0 Å². The smallest absolute Gasteiger partial charge is 0.145 e. The minimum absolute atomic E-state index is 0.0376. The van der Waals surface area contributed by atoms with E-state index in [9.17, 15) is 0 Å². The van der Waals surface area contributed by atoms with Gasteiger partial charge in [-0.05, 0) is 19.1 Å². The first-order valence-corrected chi connectivity index (χ1v) is 3.71. The van der Waals surface area contributed by atoms with Crippen molar-refractivity contribution in [3.8, 4) is 5.75 Å². The van der Waals surface area contributed by atoms with Crippen LogP contribution < -0.4 is 10.5 Å². The molecule has 0 amide bonds. The molecule has 64 valence electrons. The summed E-state index contributed by atoms with van der Waals surface area (Å²) in [6, 6.07) is 7.63. The molecule has 0 aliphatic heterocycles. The van der Waals surface area contributed by atoms with Gasteiger partial charge in [-0.15, -0.1) is 0 Å². The van der Waals surface area contributed by atoms with E-state index in [0.717, 1.165) is 5.75 Å². The fourth-order valence-corrected chi connectivity index (χ4v) is 0.796. The molecular formula is C9H12N2O. The summed E-state index contributed by atoms with van der Waals surface area (Å²) < 4.78 is 5.17. The first kappa shape index (κ1) is 8.59. The molecule has 12 heavy (non-hydrogen) atoms. The lowest BCUT2D eigenvalue weighted by Crippen LogP contribution is -2.19. The summed E-state index contributed by atoms with van der Waals surface area (Å²) in [5.74, 6) is 0.784. The molecule has 3 N–H and O–H groups in total. The predicted molar refractivity (Wildman–Crippen MR) is 48.6 cm³/mol. The van der Waals surface area contributed by atoms with Crippen molar-refractivity contribution < 1.29 is 4.74 Å². The lowest BCUT2D eigenvalue weighted by molar-refractivity contribution is 0.374. The Morgan fingerprint density at radius 2 is 2.00 bits per heavy atom. The van der Waals surface area contributed by atoms with E-state index < -0.39 is 0 Å². The van der Waals surface area contributed by atoms with Crippen molar-refractivity contribution in [2.24, 2.45) is 5.73 Å². The van der Waals surface area contributed by atoms with Gasteiger partial charge in [0.15, 0.2) is 0 Å². The standard InChI is InChI=1S/C9H12N2O/c1-7-2-4-8(5-3-7)12-6-9(10)11/h2-5H,6H2,1H3,(H3,10,11). The van der Waals surface area contributed by atoms with Crippen LogP contribution in [-0.4, -0.2) is 12.4 Å². The van der Waals surface area contributed by atoms with Crippen LogP contribution in [0.5, 0.6) is 5.75 Å². The summed E-state index contributed by atoms with van der Waals surface area (Å²) in [6.07, 6.45) is 0. The number of benzene rings is 1. The highest BCUT2D eigenvalue weighted by Crippen LogP contribution is 2.10. The van der Waals surface area contributed by atoms with Crippen molar-refractivity contribution in [3.63, 3.8) is 0 Å². The van der Waals surface area contributed by atoms with E-state index >= 15 is 0 Å². The number of nitrogens with two attached hydrogens (primary N) is 1. The largest absolute Gasteiger partial charge is 0.486 e. The van der Waals surface area contributed by atoms with Crippen molar-refractivity contribution >= 4 is 5.84 Å². The molecule has 1 aromatic rings. The summed E-state index contributed by atoms with van der Waals surface area (Å²) in [4.78, 5) is 0. The van der Waals surface area contributed by atoms with Crippen molar-refractivity contribution in [2.45, 2.75) is 6.92 Å². The molecule has 0 bridgehead atoms. The Balaban J connectivity index is 2.53. The first-order chi connectivity index (χ1) is 5.68. The minimum Gasteiger partial charge on any atom is -0.486 e. The van der Waals surface area contributed by atoms with Gasteiger partial charge in [0.05, 0.1) is 0 Å². The van der Waals surface area contributed by atoms with Gasteiger partial charge < -0.3 is 10.5 Å². The summed E-state index contributed by atoms with van der Waals surface area (Å²) in [5.41, 5.74) is 6.31. The van der Waals surface area contributed by atoms with E-state index in [2.05, 4.69) is 0 Å². The Kier molecular flexibility index (Phi) is 2.69. The van der Waals surface area contributed by atoms with Gasteiger partial charge in [-0.25, -0.2) is 0 Å². The van der Waals surface area contributed by atoms with Gasteiger partial charge in [0.1, 0.15) is 18.2 Å². The van der Waals surface area contributed by atoms with E-state index in [-0.39, 0.29) is 12.4 Å². The quantitative estimate of drug-likeness (QED) is 0.522. The number of hydrogen-bond acceptors (Lipinski definition) is 2. The van der Waals surface area contributed by atoms with Crippen molar-refractivity contribution in [1.29, 1.82) is 5.41 Å². The van der Waals surface area contributed by atoms with Crippen molar-refractivity contribution in [2.75, 3.05) is 6.61 Å². The lowest BCUT2D eigenvalue weighted by Gasteiger charge is -2.03. The van der Waals surface area contributed by atoms with Gasteiger partial charge in [0.25, 0.3) is 0 Å². The molecule has 0 spiro atoms. The van der Waals surface area contributed by atoms with E-state index in [1.165, 1.54) is 5.56 Å². The second kappa shape index (κ2) is 3.76. The van der Waals surface area contributed by atoms with Crippen LogP contribution in [0.25, 0.3) is 0 Å². The maximum Gasteiger partial charge on any atom is 0.145 e. The third-order valence-corrected chi connectivity index (χ3v) is 1.42. The predicted octanol–water partition coefficient (Wildman–Crippen LogP) is 1.31. The molecule has 0 fully saturated rings. The SMILES string of the molecule is Cc1ccc(OCC(=N)N)cc1. The summed E-state index contributed by atoms with van der Waals surface area (Å²) in [5, 5.41) is 6.94. The normalized spacial score (nSPS) is 9.42. The summed E-state index contributed by atoms with van der Waals surface area (Å²) in [6.45, 7) is 2.16. The molecule has 0 aromatic heterocycles. The zero-order valence-electron chi connectivity index (χ0n) is 7.00. The lowest BCUT2D eigenvalue weighted by atomic mass is 10.2. The summed E-state index contributed by atoms with van der Waals surface area (Å²) >= 11 is 0. The van der Waals surface area contributed by atoms with E-state index in [1.807, 2.05) is 31.2 Å². The van der Waals surface area contributed by atoms with Gasteiger partial charge in [-0.2, -0.15) is 0 Å². The molecule has 0 radical (unpaired) electrons. The van der Waals surface area contributed by atoms with Crippen LogP contribution in [0.4, 0.5) is 0 Å². The Labute approximate surface area is 71.7 Å². The molecule has 1 aromatic carbocycles. The zero-order chi connectivity index (χ0) is 8.97. The molecule has 0 unspecified atom stereocenters. The van der Waals surface area contributed by atoms with Gasteiger partial charge in [0, 0.05) is 0 Å². The molecule has 0 aliphatic carbocycles. The molecule has 0 saturated carbocycles. The van der Waals surface area contributed by atoms with E-state index in [0.29, 0.717) is 0 Å². The third-order valence-electron chi connectivity index (χ3n) is 1.42. The number of ether oxygens (including phenoxy) is 1.